The number of phenols is 1. The highest BCUT2D eigenvalue weighted by atomic mass is 35.5. The first-order valence-corrected chi connectivity index (χ1v) is 10.2. The van der Waals surface area contributed by atoms with Gasteiger partial charge < -0.3 is 14.6 Å². The summed E-state index contributed by atoms with van der Waals surface area (Å²) in [5.74, 6) is -0.871. The van der Waals surface area contributed by atoms with E-state index in [4.69, 9.17) is 32.7 Å². The van der Waals surface area contributed by atoms with E-state index in [0.717, 1.165) is 0 Å². The van der Waals surface area contributed by atoms with Gasteiger partial charge in [-0.3, -0.25) is 4.79 Å². The number of benzene rings is 3. The van der Waals surface area contributed by atoms with Gasteiger partial charge in [0.25, 0.3) is 5.91 Å². The van der Waals surface area contributed by atoms with Gasteiger partial charge in [0.05, 0.1) is 29.0 Å². The Labute approximate surface area is 194 Å². The lowest BCUT2D eigenvalue weighted by molar-refractivity contribution is 0.0728. The molecule has 0 radical (unpaired) electrons. The minimum atomic E-state index is -0.663. The molecular formula is C23H18Cl2N2O5. The third-order valence-corrected chi connectivity index (χ3v) is 4.70. The maximum absolute atomic E-state index is 12.5. The second-order valence-corrected chi connectivity index (χ2v) is 7.21. The molecule has 2 N–H and O–H groups in total. The first kappa shape index (κ1) is 23.1. The van der Waals surface area contributed by atoms with Crippen molar-refractivity contribution >= 4 is 41.3 Å². The molecule has 32 heavy (non-hydrogen) atoms. The van der Waals surface area contributed by atoms with Gasteiger partial charge in [-0.1, -0.05) is 35.3 Å². The van der Waals surface area contributed by atoms with Gasteiger partial charge in [-0.25, -0.2) is 10.2 Å². The van der Waals surface area contributed by atoms with Crippen LogP contribution in [0, 0.1) is 0 Å². The van der Waals surface area contributed by atoms with Crippen molar-refractivity contribution in [2.45, 2.75) is 6.92 Å². The van der Waals surface area contributed by atoms with Crippen molar-refractivity contribution in [2.24, 2.45) is 5.10 Å². The van der Waals surface area contributed by atoms with Crippen molar-refractivity contribution in [2.75, 3.05) is 6.61 Å². The van der Waals surface area contributed by atoms with Gasteiger partial charge in [-0.2, -0.15) is 5.10 Å². The number of carbonyl (C=O) groups excluding carboxylic acids is 2. The van der Waals surface area contributed by atoms with Crippen LogP contribution in [-0.2, 0) is 0 Å². The SMILES string of the molecule is CCOc1cc(/C=N\NC(=O)c2ccccc2O)ccc1OC(=O)c1ccc(Cl)cc1Cl. The lowest BCUT2D eigenvalue weighted by Gasteiger charge is -2.12. The van der Waals surface area contributed by atoms with Crippen molar-refractivity contribution < 1.29 is 24.2 Å². The largest absolute Gasteiger partial charge is 0.507 e. The van der Waals surface area contributed by atoms with Crippen LogP contribution in [0.4, 0.5) is 0 Å². The predicted octanol–water partition coefficient (Wildman–Crippen LogP) is 5.08. The number of esters is 1. The van der Waals surface area contributed by atoms with Crippen LogP contribution in [0.15, 0.2) is 65.8 Å². The second kappa shape index (κ2) is 10.7. The normalized spacial score (nSPS) is 10.7. The third-order valence-electron chi connectivity index (χ3n) is 4.15. The fraction of sp³-hybridized carbons (Fsp3) is 0.0870. The molecule has 0 atom stereocenters. The fourth-order valence-electron chi connectivity index (χ4n) is 2.66. The van der Waals surface area contributed by atoms with E-state index in [1.807, 2.05) is 0 Å². The molecule has 0 fully saturated rings. The van der Waals surface area contributed by atoms with Gasteiger partial charge in [0.2, 0.25) is 0 Å². The van der Waals surface area contributed by atoms with Crippen molar-refractivity contribution in [1.82, 2.24) is 5.43 Å². The van der Waals surface area contributed by atoms with Gasteiger partial charge in [-0.05, 0) is 61.0 Å². The number of aromatic hydroxyl groups is 1. The lowest BCUT2D eigenvalue weighted by atomic mass is 10.2. The van der Waals surface area contributed by atoms with E-state index < -0.39 is 11.9 Å². The van der Waals surface area contributed by atoms with Crippen LogP contribution in [-0.4, -0.2) is 29.8 Å². The lowest BCUT2D eigenvalue weighted by Crippen LogP contribution is -2.17. The standard InChI is InChI=1S/C23H18Cl2N2O5/c1-2-31-21-11-14(13-26-27-22(29)17-5-3-4-6-19(17)28)7-10-20(21)32-23(30)16-9-8-15(24)12-18(16)25/h3-13,28H,2H2,1H3,(H,27,29)/b26-13-. The number of nitrogens with zero attached hydrogens (tertiary/aromatic N) is 1. The summed E-state index contributed by atoms with van der Waals surface area (Å²) in [6, 6.07) is 15.4. The van der Waals surface area contributed by atoms with Crippen LogP contribution in [0.1, 0.15) is 33.2 Å². The summed E-state index contributed by atoms with van der Waals surface area (Å²) in [5.41, 5.74) is 3.18. The van der Waals surface area contributed by atoms with E-state index in [-0.39, 0.29) is 27.6 Å². The molecule has 0 aromatic heterocycles. The van der Waals surface area contributed by atoms with E-state index in [2.05, 4.69) is 10.5 Å². The Morgan fingerprint density at radius 3 is 2.53 bits per heavy atom. The Bertz CT molecular complexity index is 1180. The molecule has 3 aromatic carbocycles. The molecule has 3 aromatic rings. The molecule has 0 unspecified atom stereocenters. The molecule has 0 saturated heterocycles. The number of ether oxygens (including phenoxy) is 2. The van der Waals surface area contributed by atoms with Gasteiger partial charge in [0, 0.05) is 5.02 Å². The number of carbonyl (C=O) groups is 2. The number of rotatable bonds is 7. The number of nitrogens with one attached hydrogen (secondary N) is 1. The molecule has 9 heteroatoms. The van der Waals surface area contributed by atoms with Crippen molar-refractivity contribution in [3.8, 4) is 17.2 Å². The van der Waals surface area contributed by atoms with Crippen molar-refractivity contribution in [3.05, 3.63) is 87.4 Å². The molecule has 0 saturated carbocycles. The van der Waals surface area contributed by atoms with E-state index in [1.54, 1.807) is 37.3 Å². The van der Waals surface area contributed by atoms with Gasteiger partial charge >= 0.3 is 5.97 Å². The monoisotopic (exact) mass is 472 g/mol. The number of hydrogen-bond donors (Lipinski definition) is 2. The Balaban J connectivity index is 1.74. The molecule has 0 aliphatic carbocycles. The topological polar surface area (TPSA) is 97.2 Å². The second-order valence-electron chi connectivity index (χ2n) is 6.37. The van der Waals surface area contributed by atoms with Crippen LogP contribution in [0.5, 0.6) is 17.2 Å². The van der Waals surface area contributed by atoms with E-state index >= 15 is 0 Å². The number of phenolic OH excluding ortho intramolecular Hbond substituents is 1. The Morgan fingerprint density at radius 2 is 1.81 bits per heavy atom. The smallest absolute Gasteiger partial charge is 0.345 e. The molecule has 0 heterocycles. The fourth-order valence-corrected chi connectivity index (χ4v) is 3.14. The molecule has 164 valence electrons. The Kier molecular flexibility index (Phi) is 7.70. The number of hydrazone groups is 1. The maximum atomic E-state index is 12.5. The van der Waals surface area contributed by atoms with Gasteiger partial charge in [0.1, 0.15) is 5.75 Å². The molecule has 0 aliphatic heterocycles. The average molecular weight is 473 g/mol. The van der Waals surface area contributed by atoms with E-state index in [0.29, 0.717) is 22.9 Å². The number of hydrogen-bond acceptors (Lipinski definition) is 6. The van der Waals surface area contributed by atoms with Crippen molar-refractivity contribution in [3.63, 3.8) is 0 Å². The summed E-state index contributed by atoms with van der Waals surface area (Å²) < 4.78 is 11.0. The highest BCUT2D eigenvalue weighted by Crippen LogP contribution is 2.30. The molecule has 3 rings (SSSR count). The number of amides is 1. The van der Waals surface area contributed by atoms with Crippen LogP contribution >= 0.6 is 23.2 Å². The maximum Gasteiger partial charge on any atom is 0.345 e. The Morgan fingerprint density at radius 1 is 1.03 bits per heavy atom. The number of para-hydroxylation sites is 1. The third kappa shape index (κ3) is 5.78. The van der Waals surface area contributed by atoms with Gasteiger partial charge in [-0.15, -0.1) is 0 Å². The molecule has 0 spiro atoms. The van der Waals surface area contributed by atoms with Crippen LogP contribution in [0.2, 0.25) is 10.0 Å². The summed E-state index contributed by atoms with van der Waals surface area (Å²) in [4.78, 5) is 24.6. The summed E-state index contributed by atoms with van der Waals surface area (Å²) in [6.07, 6.45) is 1.39. The first-order valence-electron chi connectivity index (χ1n) is 9.44. The highest BCUT2D eigenvalue weighted by Gasteiger charge is 2.16. The molecule has 1 amide bonds. The summed E-state index contributed by atoms with van der Waals surface area (Å²) in [5, 5.41) is 14.2. The van der Waals surface area contributed by atoms with Crippen LogP contribution < -0.4 is 14.9 Å². The molecule has 7 nitrogen and oxygen atoms in total. The average Bonchev–Trinajstić information content (AvgIpc) is 2.75. The minimum Gasteiger partial charge on any atom is -0.507 e. The minimum absolute atomic E-state index is 0.0998. The van der Waals surface area contributed by atoms with E-state index in [9.17, 15) is 14.7 Å². The Hall–Kier alpha value is -3.55. The predicted molar refractivity (Wildman–Crippen MR) is 122 cm³/mol. The molecule has 0 bridgehead atoms. The summed E-state index contributed by atoms with van der Waals surface area (Å²) in [6.45, 7) is 2.12. The molecule has 0 aliphatic rings. The van der Waals surface area contributed by atoms with Crippen LogP contribution in [0.25, 0.3) is 0 Å². The number of halogens is 2. The highest BCUT2D eigenvalue weighted by molar-refractivity contribution is 6.36. The molecular weight excluding hydrogens is 455 g/mol. The quantitative estimate of drug-likeness (QED) is 0.216. The zero-order chi connectivity index (χ0) is 23.1. The summed E-state index contributed by atoms with van der Waals surface area (Å²) >= 11 is 11.9. The van der Waals surface area contributed by atoms with Crippen LogP contribution in [0.3, 0.4) is 0 Å². The zero-order valence-corrected chi connectivity index (χ0v) is 18.4. The van der Waals surface area contributed by atoms with Gasteiger partial charge in [0.15, 0.2) is 11.5 Å². The zero-order valence-electron chi connectivity index (χ0n) is 16.8. The summed E-state index contributed by atoms with van der Waals surface area (Å²) in [7, 11) is 0. The van der Waals surface area contributed by atoms with Crippen molar-refractivity contribution in [1.29, 1.82) is 0 Å². The van der Waals surface area contributed by atoms with E-state index in [1.165, 1.54) is 36.5 Å². The first-order chi connectivity index (χ1) is 15.4.